The van der Waals surface area contributed by atoms with Crippen molar-refractivity contribution in [1.29, 1.82) is 0 Å². The summed E-state index contributed by atoms with van der Waals surface area (Å²) in [6.45, 7) is 6.66. The number of carbonyl (C=O) groups excluding carboxylic acids is 1. The summed E-state index contributed by atoms with van der Waals surface area (Å²) in [7, 11) is 1.42. The maximum atomic E-state index is 11.6. The quantitative estimate of drug-likeness (QED) is 0.740. The molecule has 3 atom stereocenters. The van der Waals surface area contributed by atoms with Gasteiger partial charge in [-0.15, -0.1) is 0 Å². The minimum Gasteiger partial charge on any atom is -0.468 e. The molecular formula is C14H27NO3. The molecule has 0 aromatic rings. The maximum absolute atomic E-state index is 11.6. The van der Waals surface area contributed by atoms with Crippen LogP contribution in [0, 0.1) is 5.92 Å². The van der Waals surface area contributed by atoms with Crippen molar-refractivity contribution < 1.29 is 14.3 Å². The zero-order chi connectivity index (χ0) is 13.5. The maximum Gasteiger partial charge on any atom is 0.325 e. The first-order valence-corrected chi connectivity index (χ1v) is 7.00. The number of hydrogen-bond donors (Lipinski definition) is 1. The van der Waals surface area contributed by atoms with Crippen molar-refractivity contribution in [2.75, 3.05) is 13.7 Å². The Morgan fingerprint density at radius 3 is 2.56 bits per heavy atom. The van der Waals surface area contributed by atoms with Gasteiger partial charge in [0, 0.05) is 6.04 Å². The molecule has 0 saturated heterocycles. The van der Waals surface area contributed by atoms with E-state index < -0.39 is 0 Å². The highest BCUT2D eigenvalue weighted by atomic mass is 16.5. The highest BCUT2D eigenvalue weighted by Gasteiger charge is 2.26. The van der Waals surface area contributed by atoms with Crippen molar-refractivity contribution in [2.24, 2.45) is 5.92 Å². The van der Waals surface area contributed by atoms with Crippen LogP contribution in [0.4, 0.5) is 0 Å². The molecule has 4 nitrogen and oxygen atoms in total. The SMILES string of the molecule is COC(=O)C(COC1CCCCC1C)NC(C)C. The van der Waals surface area contributed by atoms with Gasteiger partial charge in [-0.3, -0.25) is 4.79 Å². The van der Waals surface area contributed by atoms with Gasteiger partial charge in [0.25, 0.3) is 0 Å². The van der Waals surface area contributed by atoms with Crippen LogP contribution in [0.3, 0.4) is 0 Å². The van der Waals surface area contributed by atoms with Crippen molar-refractivity contribution in [3.63, 3.8) is 0 Å². The van der Waals surface area contributed by atoms with Gasteiger partial charge in [-0.25, -0.2) is 0 Å². The first kappa shape index (κ1) is 15.4. The van der Waals surface area contributed by atoms with Gasteiger partial charge in [0.2, 0.25) is 0 Å². The van der Waals surface area contributed by atoms with Crippen LogP contribution in [0.1, 0.15) is 46.5 Å². The van der Waals surface area contributed by atoms with Crippen molar-refractivity contribution in [3.8, 4) is 0 Å². The van der Waals surface area contributed by atoms with Gasteiger partial charge in [-0.2, -0.15) is 0 Å². The summed E-state index contributed by atoms with van der Waals surface area (Å²) in [6.07, 6.45) is 5.16. The van der Waals surface area contributed by atoms with Crippen LogP contribution in [0.2, 0.25) is 0 Å². The third-order valence-corrected chi connectivity index (χ3v) is 3.53. The fraction of sp³-hybridized carbons (Fsp3) is 0.929. The van der Waals surface area contributed by atoms with Crippen LogP contribution < -0.4 is 5.32 Å². The van der Waals surface area contributed by atoms with Crippen molar-refractivity contribution in [2.45, 2.75) is 64.6 Å². The van der Waals surface area contributed by atoms with E-state index in [1.54, 1.807) is 0 Å². The van der Waals surface area contributed by atoms with Gasteiger partial charge >= 0.3 is 5.97 Å². The van der Waals surface area contributed by atoms with Crippen molar-refractivity contribution >= 4 is 5.97 Å². The molecule has 0 heterocycles. The first-order chi connectivity index (χ1) is 8.54. The van der Waals surface area contributed by atoms with Crippen LogP contribution in [-0.4, -0.2) is 37.9 Å². The van der Waals surface area contributed by atoms with E-state index in [9.17, 15) is 4.79 Å². The van der Waals surface area contributed by atoms with Crippen LogP contribution >= 0.6 is 0 Å². The molecule has 1 rings (SSSR count). The Labute approximate surface area is 110 Å². The van der Waals surface area contributed by atoms with E-state index in [2.05, 4.69) is 12.2 Å². The third-order valence-electron chi connectivity index (χ3n) is 3.53. The average Bonchev–Trinajstić information content (AvgIpc) is 2.34. The first-order valence-electron chi connectivity index (χ1n) is 7.00. The molecule has 0 bridgehead atoms. The third kappa shape index (κ3) is 4.94. The fourth-order valence-electron chi connectivity index (χ4n) is 2.48. The number of ether oxygens (including phenoxy) is 2. The number of carbonyl (C=O) groups is 1. The van der Waals surface area contributed by atoms with Gasteiger partial charge < -0.3 is 14.8 Å². The highest BCUT2D eigenvalue weighted by molar-refractivity contribution is 5.75. The lowest BCUT2D eigenvalue weighted by molar-refractivity contribution is -0.146. The Balaban J connectivity index is 2.42. The van der Waals surface area contributed by atoms with Crippen LogP contribution in [-0.2, 0) is 14.3 Å². The zero-order valence-electron chi connectivity index (χ0n) is 12.1. The molecule has 1 saturated carbocycles. The minimum absolute atomic E-state index is 0.237. The summed E-state index contributed by atoms with van der Waals surface area (Å²) < 4.78 is 10.7. The van der Waals surface area contributed by atoms with E-state index in [1.807, 2.05) is 13.8 Å². The minimum atomic E-state index is -0.357. The molecule has 0 radical (unpaired) electrons. The molecule has 0 amide bonds. The predicted molar refractivity (Wildman–Crippen MR) is 71.4 cm³/mol. The summed E-state index contributed by atoms with van der Waals surface area (Å²) in [5, 5.41) is 3.19. The van der Waals surface area contributed by atoms with Gasteiger partial charge in [-0.1, -0.05) is 33.6 Å². The predicted octanol–water partition coefficient (Wildman–Crippen LogP) is 2.12. The molecular weight excluding hydrogens is 230 g/mol. The van der Waals surface area contributed by atoms with E-state index in [0.29, 0.717) is 18.6 Å². The Morgan fingerprint density at radius 1 is 1.33 bits per heavy atom. The highest BCUT2D eigenvalue weighted by Crippen LogP contribution is 2.26. The van der Waals surface area contributed by atoms with Gasteiger partial charge in [0.1, 0.15) is 6.04 Å². The second-order valence-corrected chi connectivity index (χ2v) is 5.53. The van der Waals surface area contributed by atoms with E-state index in [-0.39, 0.29) is 18.1 Å². The molecule has 4 heteroatoms. The molecule has 1 aliphatic rings. The number of esters is 1. The molecule has 3 unspecified atom stereocenters. The Bertz CT molecular complexity index is 255. The molecule has 18 heavy (non-hydrogen) atoms. The second-order valence-electron chi connectivity index (χ2n) is 5.53. The largest absolute Gasteiger partial charge is 0.468 e. The van der Waals surface area contributed by atoms with E-state index in [1.165, 1.54) is 26.4 Å². The standard InChI is InChI=1S/C14H27NO3/c1-10(2)15-12(14(16)17-4)9-18-13-8-6-5-7-11(13)3/h10-13,15H,5-9H2,1-4H3. The van der Waals surface area contributed by atoms with Crippen molar-refractivity contribution in [3.05, 3.63) is 0 Å². The number of rotatable bonds is 6. The normalized spacial score (nSPS) is 26.1. The van der Waals surface area contributed by atoms with Crippen molar-refractivity contribution in [1.82, 2.24) is 5.32 Å². The lowest BCUT2D eigenvalue weighted by atomic mass is 9.88. The molecule has 106 valence electrons. The summed E-state index contributed by atoms with van der Waals surface area (Å²) in [4.78, 5) is 11.6. The smallest absolute Gasteiger partial charge is 0.325 e. The summed E-state index contributed by atoms with van der Waals surface area (Å²) in [5.74, 6) is 0.350. The Morgan fingerprint density at radius 2 is 2.00 bits per heavy atom. The Hall–Kier alpha value is -0.610. The van der Waals surface area contributed by atoms with E-state index >= 15 is 0 Å². The number of nitrogens with one attached hydrogen (secondary N) is 1. The topological polar surface area (TPSA) is 47.6 Å². The van der Waals surface area contributed by atoms with Gasteiger partial charge in [-0.05, 0) is 18.8 Å². The van der Waals surface area contributed by atoms with E-state index in [0.717, 1.165) is 6.42 Å². The monoisotopic (exact) mass is 257 g/mol. The van der Waals surface area contributed by atoms with Gasteiger partial charge in [0.05, 0.1) is 19.8 Å². The fourth-order valence-corrected chi connectivity index (χ4v) is 2.48. The Kier molecular flexibility index (Phi) is 6.65. The molecule has 1 fully saturated rings. The average molecular weight is 257 g/mol. The molecule has 1 aliphatic carbocycles. The zero-order valence-corrected chi connectivity index (χ0v) is 12.1. The van der Waals surface area contributed by atoms with Gasteiger partial charge in [0.15, 0.2) is 0 Å². The summed E-state index contributed by atoms with van der Waals surface area (Å²) >= 11 is 0. The molecule has 0 aromatic heterocycles. The van der Waals surface area contributed by atoms with E-state index in [4.69, 9.17) is 9.47 Å². The molecule has 0 aromatic carbocycles. The second kappa shape index (κ2) is 7.74. The number of methoxy groups -OCH3 is 1. The molecule has 0 aliphatic heterocycles. The van der Waals surface area contributed by atoms with Crippen LogP contribution in [0.15, 0.2) is 0 Å². The molecule has 0 spiro atoms. The summed E-state index contributed by atoms with van der Waals surface area (Å²) in [5.41, 5.74) is 0. The lowest BCUT2D eigenvalue weighted by Crippen LogP contribution is -2.46. The molecule has 1 N–H and O–H groups in total. The van der Waals surface area contributed by atoms with Crippen LogP contribution in [0.25, 0.3) is 0 Å². The summed E-state index contributed by atoms with van der Waals surface area (Å²) in [6, 6.07) is -0.120. The lowest BCUT2D eigenvalue weighted by Gasteiger charge is -2.30. The number of hydrogen-bond acceptors (Lipinski definition) is 4. The van der Waals surface area contributed by atoms with Crippen LogP contribution in [0.5, 0.6) is 0 Å².